The Bertz CT molecular complexity index is 487. The zero-order chi connectivity index (χ0) is 19.7. The Morgan fingerprint density at radius 2 is 1.37 bits per heavy atom. The van der Waals surface area contributed by atoms with Crippen LogP contribution in [0.3, 0.4) is 0 Å². The van der Waals surface area contributed by atoms with Gasteiger partial charge in [-0.3, -0.25) is 9.35 Å². The van der Waals surface area contributed by atoms with E-state index >= 15 is 0 Å². The Balaban J connectivity index is -0.00000312. The molecular formula is C20H40NNaO4S. The second kappa shape index (κ2) is 19.6. The fourth-order valence-corrected chi connectivity index (χ4v) is 3.64. The number of hydrogen-bond donors (Lipinski definition) is 2. The van der Waals surface area contributed by atoms with Crippen LogP contribution in [0.25, 0.3) is 0 Å². The van der Waals surface area contributed by atoms with E-state index in [1.54, 1.807) is 0 Å². The van der Waals surface area contributed by atoms with Gasteiger partial charge in [0.2, 0.25) is 0 Å². The summed E-state index contributed by atoms with van der Waals surface area (Å²) in [5.41, 5.74) is 5.25. The summed E-state index contributed by atoms with van der Waals surface area (Å²) < 4.78 is 31.0. The van der Waals surface area contributed by atoms with Crippen LogP contribution >= 0.6 is 0 Å². The fourth-order valence-electron chi connectivity index (χ4n) is 2.95. The van der Waals surface area contributed by atoms with Crippen molar-refractivity contribution in [3.05, 3.63) is 12.2 Å². The Labute approximate surface area is 190 Å². The first kappa shape index (κ1) is 29.5. The molecule has 0 rings (SSSR count). The van der Waals surface area contributed by atoms with E-state index in [4.69, 9.17) is 10.3 Å². The number of allylic oxidation sites excluding steroid dienone is 2. The molecule has 5 nitrogen and oxygen atoms in total. The molecule has 0 heterocycles. The van der Waals surface area contributed by atoms with E-state index in [0.717, 1.165) is 32.1 Å². The molecule has 0 aromatic carbocycles. The number of hydrogen-bond acceptors (Lipinski definition) is 4. The van der Waals surface area contributed by atoms with Crippen LogP contribution in [0.15, 0.2) is 12.2 Å². The summed E-state index contributed by atoms with van der Waals surface area (Å²) in [5, 5.41) is -1.46. The smallest absolute Gasteiger partial charge is 1.00 e. The topological polar surface area (TPSA) is 97.5 Å². The summed E-state index contributed by atoms with van der Waals surface area (Å²) in [6.07, 6.45) is 19.9. The monoisotopic (exact) mass is 413 g/mol. The number of ketones is 1. The molecule has 0 saturated heterocycles. The largest absolute Gasteiger partial charge is 1.00 e. The van der Waals surface area contributed by atoms with Crippen LogP contribution in [0.4, 0.5) is 0 Å². The molecule has 1 unspecified atom stereocenters. The van der Waals surface area contributed by atoms with E-state index in [9.17, 15) is 13.2 Å². The molecule has 0 aromatic rings. The van der Waals surface area contributed by atoms with Crippen molar-refractivity contribution < 1.29 is 48.7 Å². The van der Waals surface area contributed by atoms with Gasteiger partial charge in [-0.2, -0.15) is 8.42 Å². The average Bonchev–Trinajstić information content (AvgIpc) is 2.57. The predicted molar refractivity (Wildman–Crippen MR) is 110 cm³/mol. The molecule has 156 valence electrons. The van der Waals surface area contributed by atoms with E-state index in [1.165, 1.54) is 44.9 Å². The Hall–Kier alpha value is 0.280. The predicted octanol–water partition coefficient (Wildman–Crippen LogP) is 1.92. The van der Waals surface area contributed by atoms with Crippen molar-refractivity contribution in [3.63, 3.8) is 0 Å². The Kier molecular flexibility index (Phi) is 21.4. The molecule has 27 heavy (non-hydrogen) atoms. The normalized spacial score (nSPS) is 12.9. The van der Waals surface area contributed by atoms with Gasteiger partial charge in [0.05, 0.1) is 0 Å². The summed E-state index contributed by atoms with van der Waals surface area (Å²) >= 11 is 0. The molecule has 7 heteroatoms. The van der Waals surface area contributed by atoms with Gasteiger partial charge in [0.1, 0.15) is 0 Å². The first-order valence-electron chi connectivity index (χ1n) is 10.3. The van der Waals surface area contributed by atoms with Gasteiger partial charge in [0.15, 0.2) is 11.0 Å². The molecule has 0 saturated carbocycles. The van der Waals surface area contributed by atoms with Crippen LogP contribution < -0.4 is 35.3 Å². The van der Waals surface area contributed by atoms with E-state index in [-0.39, 0.29) is 43.9 Å². The number of rotatable bonds is 18. The molecule has 1 atom stereocenters. The molecule has 0 spiro atoms. The van der Waals surface area contributed by atoms with Gasteiger partial charge in [0, 0.05) is 13.0 Å². The number of unbranched alkanes of at least 4 members (excludes halogenated alkanes) is 11. The quantitative estimate of drug-likeness (QED) is 0.155. The van der Waals surface area contributed by atoms with Gasteiger partial charge in [-0.1, -0.05) is 70.4 Å². The van der Waals surface area contributed by atoms with Gasteiger partial charge in [-0.25, -0.2) is 0 Å². The van der Waals surface area contributed by atoms with Crippen LogP contribution in [0.2, 0.25) is 0 Å². The molecule has 0 fully saturated rings. The minimum Gasteiger partial charge on any atom is -1.00 e. The van der Waals surface area contributed by atoms with E-state index in [1.807, 2.05) is 0 Å². The molecule has 0 aliphatic rings. The number of carbonyl (C=O) groups excluding carboxylic acids is 1. The van der Waals surface area contributed by atoms with Gasteiger partial charge in [-0.05, 0) is 32.1 Å². The molecule has 0 aliphatic carbocycles. The van der Waals surface area contributed by atoms with Crippen molar-refractivity contribution >= 4 is 15.9 Å². The summed E-state index contributed by atoms with van der Waals surface area (Å²) in [6.45, 7) is 1.88. The summed E-state index contributed by atoms with van der Waals surface area (Å²) in [4.78, 5) is 11.7. The van der Waals surface area contributed by atoms with Crippen LogP contribution in [-0.2, 0) is 14.9 Å². The summed E-state index contributed by atoms with van der Waals surface area (Å²) in [5.74, 6) is -0.479. The van der Waals surface area contributed by atoms with E-state index < -0.39 is 21.2 Å². The SMILES string of the molecule is CCCCCCCC/C=C\CCCCCCCC(=O)C(CN)S(=O)(=O)O.[H-].[Na+]. The first-order valence-corrected chi connectivity index (χ1v) is 11.8. The third kappa shape index (κ3) is 18.1. The Morgan fingerprint density at radius 1 is 0.926 bits per heavy atom. The average molecular weight is 414 g/mol. The molecule has 0 aliphatic heterocycles. The summed E-state index contributed by atoms with van der Waals surface area (Å²) in [6, 6.07) is 0. The fraction of sp³-hybridized carbons (Fsp3) is 0.850. The minimum absolute atomic E-state index is 0. The van der Waals surface area contributed by atoms with Crippen molar-refractivity contribution in [2.24, 2.45) is 5.73 Å². The van der Waals surface area contributed by atoms with Crippen molar-refractivity contribution in [1.82, 2.24) is 0 Å². The zero-order valence-corrected chi connectivity index (χ0v) is 20.3. The first-order chi connectivity index (χ1) is 12.4. The molecule has 3 N–H and O–H groups in total. The maximum absolute atomic E-state index is 11.7. The molecule has 0 bridgehead atoms. The van der Waals surface area contributed by atoms with Gasteiger partial charge < -0.3 is 7.16 Å². The van der Waals surface area contributed by atoms with Crippen molar-refractivity contribution in [1.29, 1.82) is 0 Å². The number of carbonyl (C=O) groups is 1. The van der Waals surface area contributed by atoms with E-state index in [0.29, 0.717) is 6.42 Å². The van der Waals surface area contributed by atoms with Crippen LogP contribution in [0.1, 0.15) is 98.2 Å². The standard InChI is InChI=1S/C20H39NO4S.Na.H/c1-2-3-4-5-6-7-8-9-10-11-12-13-14-15-16-17-19(22)20(18-21)26(23,24)25;;/h9-10,20H,2-8,11-18,21H2,1H3,(H,23,24,25);;/q;+1;-1/b10-9-;;. The molecule has 0 amide bonds. The van der Waals surface area contributed by atoms with Gasteiger partial charge in [-0.15, -0.1) is 0 Å². The third-order valence-electron chi connectivity index (χ3n) is 4.62. The number of Topliss-reactive ketones (excluding diaryl/α,β-unsaturated/α-hetero) is 1. The van der Waals surface area contributed by atoms with Crippen molar-refractivity contribution in [2.45, 2.75) is 102 Å². The Morgan fingerprint density at radius 3 is 1.81 bits per heavy atom. The maximum Gasteiger partial charge on any atom is 1.00 e. The molecular weight excluding hydrogens is 373 g/mol. The zero-order valence-electron chi connectivity index (χ0n) is 18.5. The van der Waals surface area contributed by atoms with Crippen LogP contribution in [0.5, 0.6) is 0 Å². The van der Waals surface area contributed by atoms with Gasteiger partial charge >= 0.3 is 29.6 Å². The molecule has 0 radical (unpaired) electrons. The van der Waals surface area contributed by atoms with Crippen molar-refractivity contribution in [3.8, 4) is 0 Å². The van der Waals surface area contributed by atoms with Crippen LogP contribution in [0, 0.1) is 0 Å². The summed E-state index contributed by atoms with van der Waals surface area (Å²) in [7, 11) is -4.37. The second-order valence-electron chi connectivity index (χ2n) is 7.04. The second-order valence-corrected chi connectivity index (χ2v) is 8.64. The van der Waals surface area contributed by atoms with Gasteiger partial charge in [0.25, 0.3) is 10.1 Å². The maximum atomic E-state index is 11.7. The number of nitrogens with two attached hydrogens (primary N) is 1. The molecule has 0 aromatic heterocycles. The van der Waals surface area contributed by atoms with Crippen LogP contribution in [-0.4, -0.2) is 30.5 Å². The third-order valence-corrected chi connectivity index (χ3v) is 5.79. The van der Waals surface area contributed by atoms with Crippen molar-refractivity contribution in [2.75, 3.05) is 6.54 Å². The minimum atomic E-state index is -4.37. The van der Waals surface area contributed by atoms with E-state index in [2.05, 4.69) is 19.1 Å².